The van der Waals surface area contributed by atoms with Gasteiger partial charge in [-0.25, -0.2) is 4.57 Å². The molecule has 15 heteroatoms. The van der Waals surface area contributed by atoms with Crippen molar-refractivity contribution in [3.8, 4) is 0 Å². The average Bonchev–Trinajstić information content (AvgIpc) is 3.27. The van der Waals surface area contributed by atoms with Crippen molar-refractivity contribution in [3.05, 3.63) is 60.8 Å². The van der Waals surface area contributed by atoms with E-state index in [0.717, 1.165) is 83.5 Å². The van der Waals surface area contributed by atoms with Crippen LogP contribution in [0.25, 0.3) is 0 Å². The van der Waals surface area contributed by atoms with E-state index in [2.05, 4.69) is 26.0 Å². The highest BCUT2D eigenvalue weighted by atomic mass is 31.2. The van der Waals surface area contributed by atoms with Gasteiger partial charge >= 0.3 is 19.8 Å². The number of rotatable bonds is 39. The van der Waals surface area contributed by atoms with Gasteiger partial charge in [-0.2, -0.15) is 0 Å². The smallest absolute Gasteiger partial charge is 0.462 e. The Labute approximate surface area is 383 Å². The Balaban J connectivity index is 2.50. The van der Waals surface area contributed by atoms with E-state index in [0.29, 0.717) is 25.7 Å². The Morgan fingerprint density at radius 2 is 1.00 bits per heavy atom. The zero-order chi connectivity index (χ0) is 47.3. The molecular formula is C49H83O14P. The van der Waals surface area contributed by atoms with Crippen molar-refractivity contribution < 1.29 is 67.9 Å². The summed E-state index contributed by atoms with van der Waals surface area (Å²) in [7, 11) is -5.15. The third kappa shape index (κ3) is 30.4. The van der Waals surface area contributed by atoms with E-state index < -0.39 is 75.7 Å². The molecule has 1 aliphatic carbocycles. The zero-order valence-corrected chi connectivity index (χ0v) is 39.7. The molecule has 1 aliphatic rings. The van der Waals surface area contributed by atoms with Crippen LogP contribution in [0.3, 0.4) is 0 Å². The van der Waals surface area contributed by atoms with Gasteiger partial charge in [0.1, 0.15) is 43.2 Å². The number of allylic oxidation sites excluding steroid dienone is 10. The molecule has 0 aromatic rings. The van der Waals surface area contributed by atoms with Crippen molar-refractivity contribution in [2.75, 3.05) is 13.2 Å². The lowest BCUT2D eigenvalue weighted by Gasteiger charge is -2.41. The number of esters is 2. The normalized spacial score (nSPS) is 22.0. The first-order chi connectivity index (χ1) is 30.8. The van der Waals surface area contributed by atoms with E-state index >= 15 is 0 Å². The van der Waals surface area contributed by atoms with Crippen LogP contribution in [0.4, 0.5) is 0 Å². The molecule has 0 saturated heterocycles. The highest BCUT2D eigenvalue weighted by Crippen LogP contribution is 2.47. The van der Waals surface area contributed by atoms with Crippen LogP contribution in [-0.4, -0.2) is 104 Å². The van der Waals surface area contributed by atoms with Crippen LogP contribution in [0.2, 0.25) is 0 Å². The van der Waals surface area contributed by atoms with Crippen LogP contribution in [0.1, 0.15) is 174 Å². The summed E-state index contributed by atoms with van der Waals surface area (Å²) in [4.78, 5) is 47.5. The van der Waals surface area contributed by atoms with Gasteiger partial charge in [0, 0.05) is 19.3 Å². The van der Waals surface area contributed by atoms with Crippen LogP contribution in [-0.2, 0) is 37.5 Å². The second-order valence-electron chi connectivity index (χ2n) is 16.6. The number of unbranched alkanes of at least 4 members (excludes halogenated alkanes) is 16. The topological polar surface area (TPSA) is 227 Å². The molecule has 3 unspecified atom stereocenters. The molecule has 0 radical (unpaired) electrons. The number of phosphoric ester groups is 1. The molecule has 8 atom stereocenters. The van der Waals surface area contributed by atoms with Gasteiger partial charge in [0.15, 0.2) is 11.9 Å². The Morgan fingerprint density at radius 3 is 1.62 bits per heavy atom. The maximum atomic E-state index is 12.8. The molecule has 6 N–H and O–H groups in total. The molecule has 1 rings (SSSR count). The first kappa shape index (κ1) is 59.2. The van der Waals surface area contributed by atoms with E-state index in [1.165, 1.54) is 38.5 Å². The largest absolute Gasteiger partial charge is 0.472 e. The van der Waals surface area contributed by atoms with Gasteiger partial charge in [-0.1, -0.05) is 146 Å². The summed E-state index contributed by atoms with van der Waals surface area (Å²) in [6.45, 7) is 3.08. The van der Waals surface area contributed by atoms with Crippen molar-refractivity contribution in [2.45, 2.75) is 217 Å². The Kier molecular flexibility index (Phi) is 35.5. The second-order valence-corrected chi connectivity index (χ2v) is 18.0. The molecule has 0 aliphatic heterocycles. The molecule has 0 spiro atoms. The van der Waals surface area contributed by atoms with E-state index in [4.69, 9.17) is 18.5 Å². The van der Waals surface area contributed by atoms with E-state index in [1.54, 1.807) is 12.2 Å². The number of ketones is 1. The fraction of sp³-hybridized carbons (Fsp3) is 0.735. The second kappa shape index (κ2) is 38.3. The van der Waals surface area contributed by atoms with Crippen molar-refractivity contribution in [1.82, 2.24) is 0 Å². The minimum atomic E-state index is -5.15. The zero-order valence-electron chi connectivity index (χ0n) is 38.8. The molecular weight excluding hydrogens is 843 g/mol. The van der Waals surface area contributed by atoms with Crippen molar-refractivity contribution in [3.63, 3.8) is 0 Å². The van der Waals surface area contributed by atoms with Crippen LogP contribution < -0.4 is 0 Å². The molecule has 0 aromatic carbocycles. The monoisotopic (exact) mass is 927 g/mol. The lowest BCUT2D eigenvalue weighted by molar-refractivity contribution is -0.220. The molecule has 14 nitrogen and oxygen atoms in total. The lowest BCUT2D eigenvalue weighted by atomic mass is 9.85. The molecule has 64 heavy (non-hydrogen) atoms. The minimum absolute atomic E-state index is 0.0621. The van der Waals surface area contributed by atoms with Gasteiger partial charge in [0.2, 0.25) is 0 Å². The van der Waals surface area contributed by atoms with Crippen LogP contribution in [0.15, 0.2) is 60.8 Å². The number of aliphatic hydroxyl groups excluding tert-OH is 5. The standard InChI is InChI=1S/C49H83O14P/c1-3-5-7-8-9-10-11-12-13-14-15-16-19-23-26-29-33-37-43(52)62-41(39-61-64(58,59)63-49-47(56)45(54)44(53)46(55)48(49)57)38-60-42(51)36-32-28-25-22-20-17-18-21-24-27-31-35-40(50)34-30-6-4-2/h12-13,17-18,22,24-25,27,31,35,41,44-49,53-57H,3-11,14-16,19-21,23,26,28-30,32-34,36-39H2,1-2H3,(H,58,59)/b13-12-,18-17-,25-22-,27-24-,35-31+/t41-,44?,45-,46+,47-,48-,49?/m1/s1. The predicted molar refractivity (Wildman–Crippen MR) is 249 cm³/mol. The van der Waals surface area contributed by atoms with Gasteiger partial charge in [-0.3, -0.25) is 23.4 Å². The van der Waals surface area contributed by atoms with Crippen molar-refractivity contribution in [2.24, 2.45) is 0 Å². The molecule has 368 valence electrons. The summed E-state index contributed by atoms with van der Waals surface area (Å²) in [6.07, 6.45) is 29.7. The highest BCUT2D eigenvalue weighted by molar-refractivity contribution is 7.47. The maximum Gasteiger partial charge on any atom is 0.472 e. The Bertz CT molecular complexity index is 1410. The van der Waals surface area contributed by atoms with E-state index in [1.807, 2.05) is 36.5 Å². The van der Waals surface area contributed by atoms with Gasteiger partial charge in [0.25, 0.3) is 0 Å². The summed E-state index contributed by atoms with van der Waals surface area (Å²) >= 11 is 0. The molecule has 0 aromatic heterocycles. The predicted octanol–water partition coefficient (Wildman–Crippen LogP) is 8.90. The van der Waals surface area contributed by atoms with Crippen LogP contribution in [0, 0.1) is 0 Å². The number of carbonyl (C=O) groups is 3. The first-order valence-corrected chi connectivity index (χ1v) is 25.5. The first-order valence-electron chi connectivity index (χ1n) is 24.0. The number of ether oxygens (including phenoxy) is 2. The number of aliphatic hydroxyl groups is 5. The van der Waals surface area contributed by atoms with Gasteiger partial charge < -0.3 is 39.9 Å². The summed E-state index contributed by atoms with van der Waals surface area (Å²) in [6, 6.07) is 0. The molecule has 0 heterocycles. The Hall–Kier alpha value is -2.78. The lowest BCUT2D eigenvalue weighted by Crippen LogP contribution is -2.64. The van der Waals surface area contributed by atoms with E-state index in [-0.39, 0.29) is 18.6 Å². The van der Waals surface area contributed by atoms with Crippen LogP contribution >= 0.6 is 7.82 Å². The summed E-state index contributed by atoms with van der Waals surface area (Å²) < 4.78 is 33.5. The minimum Gasteiger partial charge on any atom is -0.462 e. The molecule has 1 fully saturated rings. The fourth-order valence-corrected chi connectivity index (χ4v) is 7.85. The average molecular weight is 927 g/mol. The number of hydrogen-bond donors (Lipinski definition) is 6. The van der Waals surface area contributed by atoms with Crippen LogP contribution in [0.5, 0.6) is 0 Å². The highest BCUT2D eigenvalue weighted by Gasteiger charge is 2.51. The maximum absolute atomic E-state index is 12.8. The van der Waals surface area contributed by atoms with Crippen molar-refractivity contribution >= 4 is 25.5 Å². The van der Waals surface area contributed by atoms with Gasteiger partial charge in [-0.05, 0) is 70.3 Å². The number of hydrogen-bond acceptors (Lipinski definition) is 13. The third-order valence-corrected chi connectivity index (χ3v) is 11.8. The molecule has 1 saturated carbocycles. The fourth-order valence-electron chi connectivity index (χ4n) is 6.88. The summed E-state index contributed by atoms with van der Waals surface area (Å²) in [5.74, 6) is -1.06. The quantitative estimate of drug-likeness (QED) is 0.00846. The van der Waals surface area contributed by atoms with Gasteiger partial charge in [-0.15, -0.1) is 0 Å². The molecule has 0 bridgehead atoms. The summed E-state index contributed by atoms with van der Waals surface area (Å²) in [5.41, 5.74) is 0. The Morgan fingerprint density at radius 1 is 0.531 bits per heavy atom. The SMILES string of the molecule is CCCCCCCC/C=C\CCCCCCCCCC(=O)O[C@H](COC(=O)CCC/C=C\C/C=C\C/C=C\C=C\C(=O)CCCCC)COP(=O)(O)OC1[C@H](O)[C@H](O)C(O)[C@H](O)[C@H]1O. The van der Waals surface area contributed by atoms with Gasteiger partial charge in [0.05, 0.1) is 6.61 Å². The third-order valence-electron chi connectivity index (χ3n) is 10.8. The summed E-state index contributed by atoms with van der Waals surface area (Å²) in [5, 5.41) is 50.2. The van der Waals surface area contributed by atoms with Crippen molar-refractivity contribution in [1.29, 1.82) is 0 Å². The van der Waals surface area contributed by atoms with E-state index in [9.17, 15) is 49.4 Å². The number of carbonyl (C=O) groups excluding carboxylic acids is 3. The number of phosphoric acid groups is 1. The molecule has 0 amide bonds.